The van der Waals surface area contributed by atoms with Crippen LogP contribution in [0, 0.1) is 11.8 Å². The fourth-order valence-corrected chi connectivity index (χ4v) is 18.4. The number of hydrogen-bond acceptors (Lipinski definition) is 2. The van der Waals surface area contributed by atoms with E-state index in [-0.39, 0.29) is 36.6 Å². The normalized spacial score (nSPS) is 20.3. The molecule has 4 aliphatic carbocycles. The van der Waals surface area contributed by atoms with Crippen LogP contribution in [0.3, 0.4) is 0 Å². The van der Waals surface area contributed by atoms with E-state index >= 15 is 0 Å². The Bertz CT molecular complexity index is 1620. The van der Waals surface area contributed by atoms with Crippen LogP contribution in [-0.2, 0) is 21.3 Å². The third kappa shape index (κ3) is 5.54. The molecule has 2 aromatic carbocycles. The molecule has 0 heterocycles. The fraction of sp³-hybridized carbons (Fsp3) is 0.308. The summed E-state index contributed by atoms with van der Waals surface area (Å²) in [6, 6.07) is 22.1. The SMILES string of the molecule is CCC1=C2C(=S)C(CC)=[C]([Zr+2]([C]3=C(CC)C(=S)C4=C(CC)C=C(c5ccccc5)C43)=[C](C)C)C2C(c2ccccc2)=C1.[Cl-].[Cl-]. The molecule has 4 aliphatic rings. The van der Waals surface area contributed by atoms with Gasteiger partial charge < -0.3 is 24.8 Å². The van der Waals surface area contributed by atoms with Crippen molar-refractivity contribution in [2.75, 3.05) is 0 Å². The van der Waals surface area contributed by atoms with Crippen molar-refractivity contribution in [1.29, 1.82) is 0 Å². The molecule has 44 heavy (non-hydrogen) atoms. The van der Waals surface area contributed by atoms with Gasteiger partial charge in [0.1, 0.15) is 0 Å². The summed E-state index contributed by atoms with van der Waals surface area (Å²) in [6.07, 6.45) is 9.00. The maximum atomic E-state index is 6.40. The zero-order valence-electron chi connectivity index (χ0n) is 26.5. The fourth-order valence-electron chi connectivity index (χ4n) is 7.77. The molecule has 0 aliphatic heterocycles. The van der Waals surface area contributed by atoms with Crippen LogP contribution in [0.25, 0.3) is 11.1 Å². The van der Waals surface area contributed by atoms with Crippen LogP contribution in [0.4, 0.5) is 0 Å². The van der Waals surface area contributed by atoms with Crippen molar-refractivity contribution >= 4 is 48.5 Å². The molecule has 0 aromatic heterocycles. The largest absolute Gasteiger partial charge is 1.00 e. The molecule has 5 heteroatoms. The molecule has 6 rings (SSSR count). The van der Waals surface area contributed by atoms with Gasteiger partial charge in [0.05, 0.1) is 0 Å². The number of benzene rings is 2. The first kappa shape index (κ1) is 35.3. The topological polar surface area (TPSA) is 0 Å². The predicted octanol–water partition coefficient (Wildman–Crippen LogP) is 4.76. The predicted molar refractivity (Wildman–Crippen MR) is 187 cm³/mol. The van der Waals surface area contributed by atoms with Crippen molar-refractivity contribution in [3.05, 3.63) is 124 Å². The Kier molecular flexibility index (Phi) is 11.6. The van der Waals surface area contributed by atoms with E-state index in [1.165, 1.54) is 55.7 Å². The minimum atomic E-state index is -2.68. The average molecular weight is 735 g/mol. The van der Waals surface area contributed by atoms with Crippen molar-refractivity contribution < 1.29 is 46.1 Å². The molecule has 2 aromatic rings. The molecule has 2 unspecified atom stereocenters. The van der Waals surface area contributed by atoms with Gasteiger partial charge in [0.15, 0.2) is 0 Å². The summed E-state index contributed by atoms with van der Waals surface area (Å²) < 4.78 is 5.05. The van der Waals surface area contributed by atoms with E-state index in [1.54, 1.807) is 9.77 Å². The Morgan fingerprint density at radius 3 is 1.25 bits per heavy atom. The molecule has 0 amide bonds. The van der Waals surface area contributed by atoms with Crippen molar-refractivity contribution in [1.82, 2.24) is 0 Å². The van der Waals surface area contributed by atoms with E-state index in [4.69, 9.17) is 24.4 Å². The zero-order chi connectivity index (χ0) is 29.7. The van der Waals surface area contributed by atoms with Crippen molar-refractivity contribution in [3.63, 3.8) is 0 Å². The number of fused-ring (bicyclic) bond motifs is 2. The van der Waals surface area contributed by atoms with Gasteiger partial charge in [0, 0.05) is 0 Å². The molecular weight excluding hydrogens is 695 g/mol. The van der Waals surface area contributed by atoms with Gasteiger partial charge in [-0.3, -0.25) is 0 Å². The minimum absolute atomic E-state index is 0. The van der Waals surface area contributed by atoms with E-state index in [2.05, 4.69) is 114 Å². The second-order valence-electron chi connectivity index (χ2n) is 11.9. The molecule has 0 N–H and O–H groups in total. The van der Waals surface area contributed by atoms with E-state index in [0.717, 1.165) is 35.4 Å². The van der Waals surface area contributed by atoms with Gasteiger partial charge >= 0.3 is 273 Å². The summed E-state index contributed by atoms with van der Waals surface area (Å²) in [4.78, 5) is 2.29. The Labute approximate surface area is 295 Å². The van der Waals surface area contributed by atoms with E-state index < -0.39 is 21.3 Å². The Hall–Kier alpha value is -1.61. The van der Waals surface area contributed by atoms with Gasteiger partial charge in [-0.2, -0.15) is 0 Å². The average Bonchev–Trinajstić information content (AvgIpc) is 3.73. The Balaban J connectivity index is 0.00000221. The summed E-state index contributed by atoms with van der Waals surface area (Å²) in [5.41, 5.74) is 14.3. The molecule has 0 radical (unpaired) electrons. The van der Waals surface area contributed by atoms with Crippen LogP contribution in [0.15, 0.2) is 113 Å². The first-order chi connectivity index (χ1) is 20.4. The van der Waals surface area contributed by atoms with Crippen molar-refractivity contribution in [2.45, 2.75) is 67.2 Å². The maximum absolute atomic E-state index is 6.40. The number of thiocarbonyl (C=S) groups is 2. The van der Waals surface area contributed by atoms with E-state index in [1.807, 2.05) is 0 Å². The van der Waals surface area contributed by atoms with Crippen LogP contribution in [0.2, 0.25) is 0 Å². The quantitative estimate of drug-likeness (QED) is 0.360. The molecule has 0 spiro atoms. The third-order valence-corrected chi connectivity index (χ3v) is 18.5. The number of halogens is 2. The molecule has 0 nitrogen and oxygen atoms in total. The molecular formula is C39H40Cl2S2Zr. The molecule has 2 atom stereocenters. The standard InChI is InChI=1S/2C18H17S.C3H6.2ClH.Zr/c2*1-3-12-10-15(14-8-6-5-7-9-14)16-11-13(4-2)18(19)17(12)16;1-3-2;;;/h2*5-10,16H,3-4H2,1-2H3;1-2H3;2*1H;/q;;;;;+2/p-2. The van der Waals surface area contributed by atoms with Gasteiger partial charge in [-0.05, 0) is 0 Å². The summed E-state index contributed by atoms with van der Waals surface area (Å²) in [5.74, 6) is 0.579. The summed E-state index contributed by atoms with van der Waals surface area (Å²) >= 11 is 10.1. The zero-order valence-corrected chi connectivity index (χ0v) is 32.1. The summed E-state index contributed by atoms with van der Waals surface area (Å²) in [7, 11) is 0. The number of rotatable bonds is 8. The smallest absolute Gasteiger partial charge is 1.00 e. The van der Waals surface area contributed by atoms with Crippen LogP contribution < -0.4 is 24.8 Å². The van der Waals surface area contributed by atoms with Crippen LogP contribution in [0.5, 0.6) is 0 Å². The second-order valence-corrected chi connectivity index (χ2v) is 19.7. The molecule has 0 bridgehead atoms. The molecule has 0 saturated heterocycles. The Morgan fingerprint density at radius 2 is 0.955 bits per heavy atom. The van der Waals surface area contributed by atoms with Crippen LogP contribution >= 0.6 is 24.4 Å². The van der Waals surface area contributed by atoms with E-state index in [9.17, 15) is 0 Å². The third-order valence-electron chi connectivity index (χ3n) is 9.54. The monoisotopic (exact) mass is 732 g/mol. The van der Waals surface area contributed by atoms with Gasteiger partial charge in [0.25, 0.3) is 0 Å². The summed E-state index contributed by atoms with van der Waals surface area (Å²) in [5, 5.41) is 0. The van der Waals surface area contributed by atoms with Gasteiger partial charge in [-0.15, -0.1) is 0 Å². The van der Waals surface area contributed by atoms with E-state index in [0.29, 0.717) is 0 Å². The van der Waals surface area contributed by atoms with Crippen molar-refractivity contribution in [3.8, 4) is 0 Å². The first-order valence-electron chi connectivity index (χ1n) is 15.6. The van der Waals surface area contributed by atoms with Crippen LogP contribution in [-0.4, -0.2) is 12.9 Å². The minimum Gasteiger partial charge on any atom is -1.00 e. The first-order valence-corrected chi connectivity index (χ1v) is 20.1. The Morgan fingerprint density at radius 1 is 0.591 bits per heavy atom. The van der Waals surface area contributed by atoms with Gasteiger partial charge in [-0.1, -0.05) is 0 Å². The molecule has 226 valence electrons. The summed E-state index contributed by atoms with van der Waals surface area (Å²) in [6.45, 7) is 14.1. The second kappa shape index (κ2) is 14.4. The van der Waals surface area contributed by atoms with Gasteiger partial charge in [-0.25, -0.2) is 0 Å². The number of hydrogen-bond donors (Lipinski definition) is 0. The maximum Gasteiger partial charge on any atom is -1.00 e. The van der Waals surface area contributed by atoms with Gasteiger partial charge in [0.2, 0.25) is 0 Å². The molecule has 0 fully saturated rings. The van der Waals surface area contributed by atoms with Crippen LogP contribution in [0.1, 0.15) is 78.4 Å². The van der Waals surface area contributed by atoms with Crippen molar-refractivity contribution in [2.24, 2.45) is 11.8 Å². The molecule has 0 saturated carbocycles. The number of allylic oxidation sites excluding steroid dienone is 12.